The molecule has 1 aromatic carbocycles. The van der Waals surface area contributed by atoms with E-state index in [0.717, 1.165) is 5.75 Å². The maximum absolute atomic E-state index is 5.70. The number of ether oxygens (including phenoxy) is 1. The van der Waals surface area contributed by atoms with Crippen LogP contribution in [0.15, 0.2) is 29.2 Å². The van der Waals surface area contributed by atoms with E-state index in [4.69, 9.17) is 10.5 Å². The van der Waals surface area contributed by atoms with Crippen LogP contribution in [0.5, 0.6) is 5.75 Å². The zero-order valence-corrected chi connectivity index (χ0v) is 11.3. The molecule has 0 heterocycles. The first-order valence-corrected chi connectivity index (χ1v) is 6.40. The van der Waals surface area contributed by atoms with E-state index in [2.05, 4.69) is 26.0 Å². The highest BCUT2D eigenvalue weighted by Crippen LogP contribution is 2.32. The van der Waals surface area contributed by atoms with Gasteiger partial charge in [0, 0.05) is 16.2 Å². The second kappa shape index (κ2) is 5.60. The summed E-state index contributed by atoms with van der Waals surface area (Å²) in [6, 6.07) is 8.18. The normalized spacial score (nSPS) is 11.9. The lowest BCUT2D eigenvalue weighted by Crippen LogP contribution is -2.26. The van der Waals surface area contributed by atoms with Crippen LogP contribution in [0.1, 0.15) is 27.7 Å². The summed E-state index contributed by atoms with van der Waals surface area (Å²) in [4.78, 5) is 1.23. The summed E-state index contributed by atoms with van der Waals surface area (Å²) in [7, 11) is 0. The molecule has 0 bridgehead atoms. The van der Waals surface area contributed by atoms with Gasteiger partial charge in [-0.05, 0) is 52.0 Å². The summed E-state index contributed by atoms with van der Waals surface area (Å²) in [6.07, 6.45) is 0.221. The topological polar surface area (TPSA) is 35.2 Å². The molecule has 0 saturated heterocycles. The fraction of sp³-hybridized carbons (Fsp3) is 0.538. The Balaban J connectivity index is 2.64. The average Bonchev–Trinajstić information content (AvgIpc) is 2.20. The molecule has 0 aromatic heterocycles. The van der Waals surface area contributed by atoms with Crippen LogP contribution in [0.2, 0.25) is 0 Å². The Morgan fingerprint density at radius 2 is 1.81 bits per heavy atom. The summed E-state index contributed by atoms with van der Waals surface area (Å²) in [5, 5.41) is 0. The first-order chi connectivity index (χ1) is 7.43. The van der Waals surface area contributed by atoms with Gasteiger partial charge >= 0.3 is 0 Å². The standard InChI is InChI=1S/C13H21NOS/c1-10(2)15-11-5-7-12(8-6-11)16-13(3,4)9-14/h5-8,10H,9,14H2,1-4H3. The van der Waals surface area contributed by atoms with Crippen LogP contribution in [0.25, 0.3) is 0 Å². The molecule has 2 nitrogen and oxygen atoms in total. The van der Waals surface area contributed by atoms with Crippen LogP contribution in [0, 0.1) is 0 Å². The van der Waals surface area contributed by atoms with Gasteiger partial charge in [0.1, 0.15) is 5.75 Å². The Bertz CT molecular complexity index is 319. The number of rotatable bonds is 5. The fourth-order valence-corrected chi connectivity index (χ4v) is 2.21. The molecule has 0 radical (unpaired) electrons. The fourth-order valence-electron chi connectivity index (χ4n) is 1.22. The van der Waals surface area contributed by atoms with Gasteiger partial charge in [0.05, 0.1) is 6.10 Å². The second-order valence-electron chi connectivity index (χ2n) is 4.70. The Hall–Kier alpha value is -0.670. The molecule has 16 heavy (non-hydrogen) atoms. The summed E-state index contributed by atoms with van der Waals surface area (Å²) >= 11 is 1.79. The molecule has 3 heteroatoms. The quantitative estimate of drug-likeness (QED) is 0.801. The lowest BCUT2D eigenvalue weighted by molar-refractivity contribution is 0.242. The minimum absolute atomic E-state index is 0.0838. The Kier molecular flexibility index (Phi) is 4.69. The lowest BCUT2D eigenvalue weighted by Gasteiger charge is -2.21. The summed E-state index contributed by atoms with van der Waals surface area (Å²) in [6.45, 7) is 9.02. The van der Waals surface area contributed by atoms with Gasteiger partial charge in [-0.15, -0.1) is 11.8 Å². The highest BCUT2D eigenvalue weighted by Gasteiger charge is 2.16. The number of thioether (sulfide) groups is 1. The van der Waals surface area contributed by atoms with E-state index in [1.165, 1.54) is 4.90 Å². The van der Waals surface area contributed by atoms with Gasteiger partial charge in [-0.25, -0.2) is 0 Å². The number of benzene rings is 1. The predicted molar refractivity (Wildman–Crippen MR) is 71.2 cm³/mol. The molecule has 0 aliphatic carbocycles. The predicted octanol–water partition coefficient (Wildman–Crippen LogP) is 3.30. The monoisotopic (exact) mass is 239 g/mol. The third-order valence-corrected chi connectivity index (χ3v) is 3.31. The van der Waals surface area contributed by atoms with Crippen molar-refractivity contribution in [1.29, 1.82) is 0 Å². The summed E-state index contributed by atoms with van der Waals surface area (Å²) in [5.41, 5.74) is 5.70. The Morgan fingerprint density at radius 1 is 1.25 bits per heavy atom. The van der Waals surface area contributed by atoms with Gasteiger partial charge in [0.25, 0.3) is 0 Å². The van der Waals surface area contributed by atoms with E-state index in [0.29, 0.717) is 6.54 Å². The van der Waals surface area contributed by atoms with Crippen molar-refractivity contribution in [2.45, 2.75) is 43.4 Å². The third-order valence-electron chi connectivity index (χ3n) is 2.08. The zero-order chi connectivity index (χ0) is 12.2. The van der Waals surface area contributed by atoms with E-state index in [-0.39, 0.29) is 10.9 Å². The van der Waals surface area contributed by atoms with Crippen LogP contribution in [0.3, 0.4) is 0 Å². The van der Waals surface area contributed by atoms with Gasteiger partial charge in [0.15, 0.2) is 0 Å². The van der Waals surface area contributed by atoms with E-state index in [9.17, 15) is 0 Å². The molecule has 0 aliphatic heterocycles. The van der Waals surface area contributed by atoms with Crippen molar-refractivity contribution in [3.63, 3.8) is 0 Å². The molecule has 0 atom stereocenters. The summed E-state index contributed by atoms with van der Waals surface area (Å²) < 4.78 is 5.68. The van der Waals surface area contributed by atoms with E-state index < -0.39 is 0 Å². The molecule has 1 aromatic rings. The molecular weight excluding hydrogens is 218 g/mol. The SMILES string of the molecule is CC(C)Oc1ccc(SC(C)(C)CN)cc1. The number of hydrogen-bond donors (Lipinski definition) is 1. The average molecular weight is 239 g/mol. The zero-order valence-electron chi connectivity index (χ0n) is 10.5. The van der Waals surface area contributed by atoms with Crippen molar-refractivity contribution in [3.8, 4) is 5.75 Å². The van der Waals surface area contributed by atoms with Gasteiger partial charge in [-0.3, -0.25) is 0 Å². The van der Waals surface area contributed by atoms with Crippen molar-refractivity contribution in [1.82, 2.24) is 0 Å². The second-order valence-corrected chi connectivity index (χ2v) is 6.48. The molecule has 0 unspecified atom stereocenters. The van der Waals surface area contributed by atoms with Crippen molar-refractivity contribution in [3.05, 3.63) is 24.3 Å². The first-order valence-electron chi connectivity index (χ1n) is 5.59. The number of hydrogen-bond acceptors (Lipinski definition) is 3. The molecule has 0 spiro atoms. The van der Waals surface area contributed by atoms with Crippen LogP contribution < -0.4 is 10.5 Å². The van der Waals surface area contributed by atoms with E-state index in [1.807, 2.05) is 26.0 Å². The van der Waals surface area contributed by atoms with E-state index >= 15 is 0 Å². The maximum Gasteiger partial charge on any atom is 0.119 e. The number of nitrogens with two attached hydrogens (primary N) is 1. The van der Waals surface area contributed by atoms with Crippen molar-refractivity contribution in [2.24, 2.45) is 5.73 Å². The molecule has 0 fully saturated rings. The van der Waals surface area contributed by atoms with Gasteiger partial charge in [-0.1, -0.05) is 0 Å². The summed E-state index contributed by atoms with van der Waals surface area (Å²) in [5.74, 6) is 0.921. The molecule has 0 aliphatic rings. The third kappa shape index (κ3) is 4.45. The van der Waals surface area contributed by atoms with Gasteiger partial charge in [-0.2, -0.15) is 0 Å². The van der Waals surface area contributed by atoms with Crippen molar-refractivity contribution in [2.75, 3.05) is 6.54 Å². The minimum atomic E-state index is 0.0838. The Labute approximate surface area is 103 Å². The molecule has 2 N–H and O–H groups in total. The van der Waals surface area contributed by atoms with Crippen molar-refractivity contribution >= 4 is 11.8 Å². The minimum Gasteiger partial charge on any atom is -0.491 e. The first kappa shape index (κ1) is 13.4. The highest BCUT2D eigenvalue weighted by atomic mass is 32.2. The van der Waals surface area contributed by atoms with Crippen LogP contribution in [-0.4, -0.2) is 17.4 Å². The van der Waals surface area contributed by atoms with Crippen molar-refractivity contribution < 1.29 is 4.74 Å². The maximum atomic E-state index is 5.70. The van der Waals surface area contributed by atoms with Crippen LogP contribution in [0.4, 0.5) is 0 Å². The van der Waals surface area contributed by atoms with Gasteiger partial charge in [0.2, 0.25) is 0 Å². The largest absolute Gasteiger partial charge is 0.491 e. The van der Waals surface area contributed by atoms with Crippen LogP contribution >= 0.6 is 11.8 Å². The molecule has 0 amide bonds. The molecule has 90 valence electrons. The molecule has 0 saturated carbocycles. The van der Waals surface area contributed by atoms with Crippen LogP contribution in [-0.2, 0) is 0 Å². The molecular formula is C13H21NOS. The Morgan fingerprint density at radius 3 is 2.25 bits per heavy atom. The van der Waals surface area contributed by atoms with E-state index in [1.54, 1.807) is 11.8 Å². The van der Waals surface area contributed by atoms with Gasteiger partial charge < -0.3 is 10.5 Å². The molecule has 1 rings (SSSR count). The highest BCUT2D eigenvalue weighted by molar-refractivity contribution is 8.00. The lowest BCUT2D eigenvalue weighted by atomic mass is 10.2. The smallest absolute Gasteiger partial charge is 0.119 e.